The average Bonchev–Trinajstić information content (AvgIpc) is 2.66. The second kappa shape index (κ2) is 10.3. The van der Waals surface area contributed by atoms with Crippen molar-refractivity contribution < 1.29 is 19.1 Å². The number of nitrogens with one attached hydrogen (secondary N) is 4. The number of benzene rings is 2. The number of ether oxygens (including phenoxy) is 1. The van der Waals surface area contributed by atoms with E-state index in [1.165, 1.54) is 6.92 Å². The first-order chi connectivity index (χ1) is 13.3. The number of hydrogen-bond donors (Lipinski definition) is 4. The Morgan fingerprint density at radius 3 is 2.29 bits per heavy atom. The number of hydrogen-bond acceptors (Lipinski definition) is 4. The fraction of sp³-hybridized carbons (Fsp3) is 0.211. The monoisotopic (exact) mass is 448 g/mol. The van der Waals surface area contributed by atoms with E-state index in [9.17, 15) is 14.4 Å². The lowest BCUT2D eigenvalue weighted by Crippen LogP contribution is -2.53. The number of amides is 4. The Bertz CT molecular complexity index is 832. The average molecular weight is 449 g/mol. The van der Waals surface area contributed by atoms with Crippen molar-refractivity contribution in [1.29, 1.82) is 0 Å². The third-order valence-electron chi connectivity index (χ3n) is 3.56. The summed E-state index contributed by atoms with van der Waals surface area (Å²) in [6.45, 7) is 3.05. The summed E-state index contributed by atoms with van der Waals surface area (Å²) in [6, 6.07) is 14.5. The summed E-state index contributed by atoms with van der Waals surface area (Å²) in [5.41, 5.74) is 5.13. The summed E-state index contributed by atoms with van der Waals surface area (Å²) >= 11 is 3.32. The van der Waals surface area contributed by atoms with Gasteiger partial charge < -0.3 is 15.4 Å². The minimum atomic E-state index is -0.870. The van der Waals surface area contributed by atoms with Gasteiger partial charge in [-0.2, -0.15) is 0 Å². The van der Waals surface area contributed by atoms with Crippen molar-refractivity contribution in [3.8, 4) is 5.75 Å². The SMILES string of the molecule is CC(NC(=O)Nc1ccccc1)C(=O)NNC(=O)C(C)Oc1cccc(Br)c1. The van der Waals surface area contributed by atoms with Crippen LogP contribution >= 0.6 is 15.9 Å². The molecule has 2 unspecified atom stereocenters. The molecule has 2 aromatic carbocycles. The number of urea groups is 1. The summed E-state index contributed by atoms with van der Waals surface area (Å²) in [6.07, 6.45) is -0.834. The van der Waals surface area contributed by atoms with Crippen molar-refractivity contribution in [2.24, 2.45) is 0 Å². The Morgan fingerprint density at radius 1 is 0.929 bits per heavy atom. The molecule has 0 fully saturated rings. The number of halogens is 1. The number of para-hydroxylation sites is 1. The summed E-state index contributed by atoms with van der Waals surface area (Å²) in [7, 11) is 0. The summed E-state index contributed by atoms with van der Waals surface area (Å²) in [5, 5.41) is 5.08. The van der Waals surface area contributed by atoms with Crippen LogP contribution in [0.1, 0.15) is 13.8 Å². The number of anilines is 1. The summed E-state index contributed by atoms with van der Waals surface area (Å²) in [4.78, 5) is 36.0. The van der Waals surface area contributed by atoms with E-state index >= 15 is 0 Å². The maximum atomic E-state index is 12.1. The van der Waals surface area contributed by atoms with E-state index in [1.54, 1.807) is 49.4 Å². The highest BCUT2D eigenvalue weighted by molar-refractivity contribution is 9.10. The van der Waals surface area contributed by atoms with Gasteiger partial charge in [0.05, 0.1) is 0 Å². The normalized spacial score (nSPS) is 12.2. The number of hydrazine groups is 1. The lowest BCUT2D eigenvalue weighted by molar-refractivity contribution is -0.133. The van der Waals surface area contributed by atoms with Gasteiger partial charge in [-0.25, -0.2) is 4.79 Å². The molecule has 9 heteroatoms. The van der Waals surface area contributed by atoms with Gasteiger partial charge in [0.1, 0.15) is 11.8 Å². The van der Waals surface area contributed by atoms with Crippen LogP contribution < -0.4 is 26.2 Å². The number of carbonyl (C=O) groups is 3. The van der Waals surface area contributed by atoms with Gasteiger partial charge in [-0.1, -0.05) is 40.2 Å². The van der Waals surface area contributed by atoms with Crippen molar-refractivity contribution in [2.75, 3.05) is 5.32 Å². The smallest absolute Gasteiger partial charge is 0.319 e. The Balaban J connectivity index is 1.75. The van der Waals surface area contributed by atoms with Crippen molar-refractivity contribution in [1.82, 2.24) is 16.2 Å². The molecule has 28 heavy (non-hydrogen) atoms. The van der Waals surface area contributed by atoms with Gasteiger partial charge in [-0.3, -0.25) is 20.4 Å². The highest BCUT2D eigenvalue weighted by Crippen LogP contribution is 2.18. The molecule has 0 bridgehead atoms. The first-order valence-corrected chi connectivity index (χ1v) is 9.29. The topological polar surface area (TPSA) is 109 Å². The Kier molecular flexibility index (Phi) is 7.82. The Labute approximate surface area is 171 Å². The zero-order valence-corrected chi connectivity index (χ0v) is 16.9. The standard InChI is InChI=1S/C19H21BrN4O4/c1-12(21-19(27)22-15-8-4-3-5-9-15)17(25)23-24-18(26)13(2)28-16-10-6-7-14(20)11-16/h3-13H,1-2H3,(H,23,25)(H,24,26)(H2,21,22,27). The van der Waals surface area contributed by atoms with Gasteiger partial charge in [-0.15, -0.1) is 0 Å². The molecular formula is C19H21BrN4O4. The molecule has 0 heterocycles. The lowest BCUT2D eigenvalue weighted by Gasteiger charge is -2.18. The van der Waals surface area contributed by atoms with Gasteiger partial charge >= 0.3 is 6.03 Å². The fourth-order valence-corrected chi connectivity index (χ4v) is 2.46. The molecule has 0 saturated carbocycles. The zero-order chi connectivity index (χ0) is 20.5. The number of carbonyl (C=O) groups excluding carboxylic acids is 3. The second-order valence-electron chi connectivity index (χ2n) is 5.88. The van der Waals surface area contributed by atoms with Gasteiger partial charge in [0.2, 0.25) is 0 Å². The molecule has 0 aromatic heterocycles. The molecule has 4 amide bonds. The Hall–Kier alpha value is -3.07. The highest BCUT2D eigenvalue weighted by Gasteiger charge is 2.19. The molecule has 8 nitrogen and oxygen atoms in total. The van der Waals surface area contributed by atoms with E-state index in [-0.39, 0.29) is 0 Å². The van der Waals surface area contributed by atoms with Crippen molar-refractivity contribution in [3.63, 3.8) is 0 Å². The van der Waals surface area contributed by atoms with Crippen LogP contribution in [-0.4, -0.2) is 30.0 Å². The van der Waals surface area contributed by atoms with Crippen LogP contribution in [0.15, 0.2) is 59.1 Å². The minimum absolute atomic E-state index is 0.510. The predicted molar refractivity (Wildman–Crippen MR) is 109 cm³/mol. The van der Waals surface area contributed by atoms with Crippen LogP contribution in [-0.2, 0) is 9.59 Å². The quantitative estimate of drug-likeness (QED) is 0.509. The van der Waals surface area contributed by atoms with E-state index in [2.05, 4.69) is 37.4 Å². The van der Waals surface area contributed by atoms with Crippen LogP contribution in [0.25, 0.3) is 0 Å². The number of rotatable bonds is 6. The summed E-state index contributed by atoms with van der Waals surface area (Å²) < 4.78 is 6.33. The fourth-order valence-electron chi connectivity index (χ4n) is 2.08. The molecule has 0 aliphatic carbocycles. The molecule has 2 rings (SSSR count). The van der Waals surface area contributed by atoms with Crippen LogP contribution in [0.2, 0.25) is 0 Å². The van der Waals surface area contributed by atoms with E-state index in [4.69, 9.17) is 4.74 Å². The van der Waals surface area contributed by atoms with E-state index in [0.717, 1.165) is 4.47 Å². The molecule has 0 saturated heterocycles. The van der Waals surface area contributed by atoms with Crippen LogP contribution in [0.5, 0.6) is 5.75 Å². The highest BCUT2D eigenvalue weighted by atomic mass is 79.9. The maximum absolute atomic E-state index is 12.1. The predicted octanol–water partition coefficient (Wildman–Crippen LogP) is 2.57. The van der Waals surface area contributed by atoms with Gasteiger partial charge in [0.25, 0.3) is 11.8 Å². The van der Waals surface area contributed by atoms with Crippen molar-refractivity contribution >= 4 is 39.5 Å². The molecular weight excluding hydrogens is 428 g/mol. The summed E-state index contributed by atoms with van der Waals surface area (Å²) in [5.74, 6) is -0.601. The first-order valence-electron chi connectivity index (χ1n) is 8.49. The molecule has 0 spiro atoms. The zero-order valence-electron chi connectivity index (χ0n) is 15.4. The molecule has 0 radical (unpaired) electrons. The van der Waals surface area contributed by atoms with E-state index in [0.29, 0.717) is 11.4 Å². The second-order valence-corrected chi connectivity index (χ2v) is 6.80. The minimum Gasteiger partial charge on any atom is -0.481 e. The molecule has 148 valence electrons. The molecule has 0 aliphatic heterocycles. The first kappa shape index (κ1) is 21.2. The lowest BCUT2D eigenvalue weighted by atomic mass is 10.3. The van der Waals surface area contributed by atoms with Crippen molar-refractivity contribution in [2.45, 2.75) is 26.0 Å². The van der Waals surface area contributed by atoms with Crippen LogP contribution in [0, 0.1) is 0 Å². The van der Waals surface area contributed by atoms with Gasteiger partial charge in [-0.05, 0) is 44.2 Å². The largest absolute Gasteiger partial charge is 0.481 e. The maximum Gasteiger partial charge on any atom is 0.319 e. The third-order valence-corrected chi connectivity index (χ3v) is 4.05. The van der Waals surface area contributed by atoms with E-state index in [1.807, 2.05) is 12.1 Å². The van der Waals surface area contributed by atoms with Crippen LogP contribution in [0.4, 0.5) is 10.5 Å². The van der Waals surface area contributed by atoms with Crippen LogP contribution in [0.3, 0.4) is 0 Å². The Morgan fingerprint density at radius 2 is 1.61 bits per heavy atom. The molecule has 2 atom stereocenters. The van der Waals surface area contributed by atoms with Gasteiger partial charge in [0, 0.05) is 10.2 Å². The molecule has 2 aromatic rings. The van der Waals surface area contributed by atoms with Crippen molar-refractivity contribution in [3.05, 3.63) is 59.1 Å². The third kappa shape index (κ3) is 6.92. The van der Waals surface area contributed by atoms with Gasteiger partial charge in [0.15, 0.2) is 6.10 Å². The molecule has 4 N–H and O–H groups in total. The molecule has 0 aliphatic rings. The van der Waals surface area contributed by atoms with E-state index < -0.39 is 30.0 Å².